The second kappa shape index (κ2) is 19.0. The minimum absolute atomic E-state index is 0.00190. The molecule has 1 saturated heterocycles. The van der Waals surface area contributed by atoms with Gasteiger partial charge in [0.1, 0.15) is 6.10 Å². The molecule has 3 atom stereocenters. The SMILES string of the molecule is C=Cc1nn(C2CCCCO2)c2c(C)nc(-c3c(C)nn(C)c3O[C@@H](C)CN(C)Cc3c(I)c(OCOCC[Si](C)(C)C)nn3[C@@H](C)CO[Si](C)(C)C(C)(C)C)cc12. The molecule has 1 aliphatic heterocycles. The smallest absolute Gasteiger partial charge is 0.248 e. The molecule has 0 bridgehead atoms. The second-order valence-electron chi connectivity index (χ2n) is 18.8. The first-order valence-electron chi connectivity index (χ1n) is 20.8. The maximum absolute atomic E-state index is 6.77. The van der Waals surface area contributed by atoms with Gasteiger partial charge < -0.3 is 23.4 Å². The molecule has 0 radical (unpaired) electrons. The average Bonchev–Trinajstić information content (AvgIpc) is 3.76. The number of fused-ring (bicyclic) bond motifs is 1. The van der Waals surface area contributed by atoms with Gasteiger partial charge in [-0.3, -0.25) is 14.6 Å². The van der Waals surface area contributed by atoms with Crippen molar-refractivity contribution in [3.8, 4) is 23.0 Å². The highest BCUT2D eigenvalue weighted by molar-refractivity contribution is 14.1. The minimum Gasteiger partial charge on any atom is -0.473 e. The van der Waals surface area contributed by atoms with Crippen LogP contribution in [0.4, 0.5) is 0 Å². The second-order valence-corrected chi connectivity index (χ2v) is 30.3. The van der Waals surface area contributed by atoms with E-state index in [1.54, 1.807) is 0 Å². The van der Waals surface area contributed by atoms with Crippen molar-refractivity contribution in [1.29, 1.82) is 0 Å². The van der Waals surface area contributed by atoms with Crippen LogP contribution in [-0.4, -0.2) is 102 Å². The van der Waals surface area contributed by atoms with Gasteiger partial charge in [0.15, 0.2) is 21.3 Å². The predicted octanol–water partition coefficient (Wildman–Crippen LogP) is 9.77. The van der Waals surface area contributed by atoms with Crippen molar-refractivity contribution >= 4 is 56.0 Å². The molecule has 4 aromatic rings. The van der Waals surface area contributed by atoms with E-state index in [0.717, 1.165) is 80.4 Å². The number of hydrogen-bond acceptors (Lipinski definition) is 10. The Kier molecular flexibility index (Phi) is 15.2. The fourth-order valence-electron chi connectivity index (χ4n) is 7.00. The molecule has 0 N–H and O–H groups in total. The van der Waals surface area contributed by atoms with Crippen LogP contribution in [0.15, 0.2) is 12.6 Å². The fraction of sp³-hybridized carbons (Fsp3) is 0.667. The zero-order valence-corrected chi connectivity index (χ0v) is 41.8. The van der Waals surface area contributed by atoms with Crippen LogP contribution >= 0.6 is 22.6 Å². The first-order valence-corrected chi connectivity index (χ1v) is 28.5. The van der Waals surface area contributed by atoms with E-state index in [1.165, 1.54) is 0 Å². The van der Waals surface area contributed by atoms with Gasteiger partial charge in [-0.1, -0.05) is 47.0 Å². The van der Waals surface area contributed by atoms with Gasteiger partial charge in [0.25, 0.3) is 0 Å². The van der Waals surface area contributed by atoms with Crippen LogP contribution in [0.2, 0.25) is 43.8 Å². The molecule has 322 valence electrons. The van der Waals surface area contributed by atoms with Crippen molar-refractivity contribution in [2.45, 2.75) is 136 Å². The summed E-state index contributed by atoms with van der Waals surface area (Å²) in [4.78, 5) is 7.39. The number of rotatable bonds is 19. The number of nitrogens with zero attached hydrogens (tertiary/aromatic N) is 8. The topological polar surface area (TPSA) is 116 Å². The van der Waals surface area contributed by atoms with Gasteiger partial charge in [-0.25, -0.2) is 9.36 Å². The molecular weight excluding hydrogens is 880 g/mol. The summed E-state index contributed by atoms with van der Waals surface area (Å²) in [6.07, 6.45) is 4.64. The highest BCUT2D eigenvalue weighted by Crippen LogP contribution is 2.39. The number of aryl methyl sites for hydroxylation is 3. The van der Waals surface area contributed by atoms with E-state index in [2.05, 4.69) is 119 Å². The van der Waals surface area contributed by atoms with Crippen LogP contribution in [0, 0.1) is 17.4 Å². The normalized spacial score (nSPS) is 16.7. The summed E-state index contributed by atoms with van der Waals surface area (Å²) in [5.74, 6) is 1.26. The van der Waals surface area contributed by atoms with E-state index >= 15 is 0 Å². The van der Waals surface area contributed by atoms with Gasteiger partial charge in [0.05, 0.1) is 55.8 Å². The highest BCUT2D eigenvalue weighted by atomic mass is 127. The third-order valence-electron chi connectivity index (χ3n) is 11.3. The van der Waals surface area contributed by atoms with Crippen molar-refractivity contribution in [3.05, 3.63) is 39.0 Å². The van der Waals surface area contributed by atoms with E-state index in [-0.39, 0.29) is 30.2 Å². The number of hydrogen-bond donors (Lipinski definition) is 0. The summed E-state index contributed by atoms with van der Waals surface area (Å²) in [6, 6.07) is 3.18. The minimum atomic E-state index is -1.96. The van der Waals surface area contributed by atoms with E-state index < -0.39 is 16.4 Å². The zero-order valence-electron chi connectivity index (χ0n) is 37.7. The van der Waals surface area contributed by atoms with E-state index in [9.17, 15) is 0 Å². The number of likely N-dealkylation sites (N-methyl/N-ethyl adjacent to an activating group) is 1. The Bertz CT molecular complexity index is 2030. The Balaban J connectivity index is 1.35. The first-order chi connectivity index (χ1) is 27.1. The van der Waals surface area contributed by atoms with E-state index in [0.29, 0.717) is 38.1 Å². The summed E-state index contributed by atoms with van der Waals surface area (Å²) in [5, 5.41) is 15.8. The molecule has 1 aliphatic rings. The van der Waals surface area contributed by atoms with Crippen molar-refractivity contribution < 1.29 is 23.4 Å². The maximum atomic E-state index is 6.77. The largest absolute Gasteiger partial charge is 0.473 e. The molecule has 5 heterocycles. The quantitative estimate of drug-likeness (QED) is 0.0390. The Hall–Kier alpha value is -2.62. The number of pyridine rings is 1. The Morgan fingerprint density at radius 3 is 2.45 bits per heavy atom. The van der Waals surface area contributed by atoms with Crippen LogP contribution in [0.5, 0.6) is 11.8 Å². The standard InChI is InChI=1S/C42H69IN8O5Si2/c1-16-33-32-23-34(44-31(5)39(32)51(46-33)36-19-17-18-20-53-36)37-30(4)45-49(10)41(37)56-29(3)24-48(9)25-35-38(43)40(54-27-52-21-22-57(11,12)13)47-50(35)28(2)26-55-58(14,15)42(6,7)8/h16,23,28-29,36H,1,17-22,24-27H2,2-15H3/t28-,29-,36?/m0/s1. The van der Waals surface area contributed by atoms with E-state index in [1.807, 2.05) is 36.3 Å². The van der Waals surface area contributed by atoms with Crippen LogP contribution in [0.3, 0.4) is 0 Å². The molecule has 0 amide bonds. The molecule has 5 rings (SSSR count). The third kappa shape index (κ3) is 11.0. The van der Waals surface area contributed by atoms with Crippen molar-refractivity contribution in [1.82, 2.24) is 39.2 Å². The molecular formula is C42H69IN8O5Si2. The van der Waals surface area contributed by atoms with Crippen molar-refractivity contribution in [3.63, 3.8) is 0 Å². The fourth-order valence-corrected chi connectivity index (χ4v) is 9.53. The summed E-state index contributed by atoms with van der Waals surface area (Å²) in [6.45, 7) is 34.3. The number of ether oxygens (including phenoxy) is 4. The lowest BCUT2D eigenvalue weighted by atomic mass is 10.1. The molecule has 0 spiro atoms. The van der Waals surface area contributed by atoms with Gasteiger partial charge in [-0.05, 0) is 113 Å². The molecule has 1 fully saturated rings. The van der Waals surface area contributed by atoms with E-state index in [4.69, 9.17) is 43.7 Å². The Morgan fingerprint density at radius 2 is 1.81 bits per heavy atom. The molecule has 58 heavy (non-hydrogen) atoms. The monoisotopic (exact) mass is 948 g/mol. The van der Waals surface area contributed by atoms with Gasteiger partial charge in [0.2, 0.25) is 11.8 Å². The maximum Gasteiger partial charge on any atom is 0.248 e. The molecule has 0 aromatic carbocycles. The summed E-state index contributed by atoms with van der Waals surface area (Å²) >= 11 is 2.37. The summed E-state index contributed by atoms with van der Waals surface area (Å²) in [5.41, 5.74) is 6.24. The lowest BCUT2D eigenvalue weighted by Gasteiger charge is -2.37. The van der Waals surface area contributed by atoms with Crippen LogP contribution in [0.25, 0.3) is 28.2 Å². The first kappa shape index (κ1) is 46.4. The van der Waals surface area contributed by atoms with Gasteiger partial charge in [0, 0.05) is 46.8 Å². The van der Waals surface area contributed by atoms with Gasteiger partial charge in [-0.15, -0.1) is 5.10 Å². The number of aromatic nitrogens is 7. The summed E-state index contributed by atoms with van der Waals surface area (Å²) in [7, 11) is 0.869. The molecule has 0 saturated carbocycles. The summed E-state index contributed by atoms with van der Waals surface area (Å²) < 4.78 is 38.5. The van der Waals surface area contributed by atoms with Crippen LogP contribution in [-0.2, 0) is 27.5 Å². The molecule has 16 heteroatoms. The molecule has 13 nitrogen and oxygen atoms in total. The predicted molar refractivity (Wildman–Crippen MR) is 247 cm³/mol. The zero-order chi connectivity index (χ0) is 42.7. The van der Waals surface area contributed by atoms with Crippen molar-refractivity contribution in [2.75, 3.05) is 40.2 Å². The van der Waals surface area contributed by atoms with Gasteiger partial charge in [-0.2, -0.15) is 10.2 Å². The molecule has 0 aliphatic carbocycles. The molecule has 4 aromatic heterocycles. The Labute approximate surface area is 362 Å². The van der Waals surface area contributed by atoms with Gasteiger partial charge >= 0.3 is 0 Å². The third-order valence-corrected chi connectivity index (χ3v) is 18.6. The van der Waals surface area contributed by atoms with Crippen LogP contribution in [0.1, 0.15) is 88.9 Å². The van der Waals surface area contributed by atoms with Crippen molar-refractivity contribution in [2.24, 2.45) is 7.05 Å². The highest BCUT2D eigenvalue weighted by Gasteiger charge is 2.38. The number of halogens is 1. The average molecular weight is 949 g/mol. The Morgan fingerprint density at radius 1 is 1.09 bits per heavy atom. The lowest BCUT2D eigenvalue weighted by molar-refractivity contribution is -0.0368. The van der Waals surface area contributed by atoms with Crippen LogP contribution < -0.4 is 9.47 Å². The lowest BCUT2D eigenvalue weighted by Crippen LogP contribution is -2.42. The molecule has 1 unspecified atom stereocenters.